The maximum Gasteiger partial charge on any atom is 0.252 e. The van der Waals surface area contributed by atoms with Crippen molar-refractivity contribution in [2.24, 2.45) is 0 Å². The summed E-state index contributed by atoms with van der Waals surface area (Å²) in [5, 5.41) is 5.50. The first kappa shape index (κ1) is 39.6. The van der Waals surface area contributed by atoms with E-state index in [0.29, 0.717) is 0 Å². The molecule has 0 aliphatic carbocycles. The zero-order valence-corrected chi connectivity index (χ0v) is 40.0. The largest absolute Gasteiger partial charge is 0.341 e. The number of rotatable bonds is 1. The van der Waals surface area contributed by atoms with Crippen LogP contribution in [-0.2, 0) is 33.5 Å². The minimum Gasteiger partial charge on any atom is -0.341 e. The molecule has 0 bridgehead atoms. The molecule has 11 rings (SSSR count). The Morgan fingerprint density at radius 3 is 1.48 bits per heavy atom. The van der Waals surface area contributed by atoms with Crippen molar-refractivity contribution in [3.63, 3.8) is 0 Å². The van der Waals surface area contributed by atoms with Crippen LogP contribution >= 0.6 is 0 Å². The first-order chi connectivity index (χ1) is 28.9. The van der Waals surface area contributed by atoms with Crippen molar-refractivity contribution >= 4 is 89.6 Å². The highest BCUT2D eigenvalue weighted by Crippen LogP contribution is 2.55. The van der Waals surface area contributed by atoms with E-state index < -0.39 is 0 Å². The summed E-state index contributed by atoms with van der Waals surface area (Å²) in [6, 6.07) is 37.0. The number of benzene rings is 6. The van der Waals surface area contributed by atoms with Crippen LogP contribution in [0.4, 0.5) is 28.4 Å². The molecule has 0 N–H and O–H groups in total. The van der Waals surface area contributed by atoms with E-state index in [0.717, 1.165) is 13.0 Å². The van der Waals surface area contributed by atoms with Gasteiger partial charge >= 0.3 is 0 Å². The van der Waals surface area contributed by atoms with Gasteiger partial charge in [-0.15, -0.1) is 0 Å². The van der Waals surface area contributed by atoms with Crippen LogP contribution in [0.1, 0.15) is 137 Å². The second-order valence-corrected chi connectivity index (χ2v) is 24.3. The smallest absolute Gasteiger partial charge is 0.252 e. The lowest BCUT2D eigenvalue weighted by molar-refractivity contribution is 0.590. The summed E-state index contributed by atoms with van der Waals surface area (Å²) in [4.78, 5) is 5.47. The van der Waals surface area contributed by atoms with Gasteiger partial charge in [-0.1, -0.05) is 152 Å². The molecular formula is C58H64BN3. The lowest BCUT2D eigenvalue weighted by atomic mass is 9.33. The highest BCUT2D eigenvalue weighted by Gasteiger charge is 2.48. The van der Waals surface area contributed by atoms with Crippen molar-refractivity contribution in [3.05, 3.63) is 124 Å². The van der Waals surface area contributed by atoms with Crippen LogP contribution in [0.5, 0.6) is 0 Å². The van der Waals surface area contributed by atoms with E-state index in [1.54, 1.807) is 0 Å². The van der Waals surface area contributed by atoms with Crippen molar-refractivity contribution in [2.75, 3.05) is 16.3 Å². The van der Waals surface area contributed by atoms with Crippen LogP contribution < -0.4 is 26.2 Å². The molecule has 62 heavy (non-hydrogen) atoms. The summed E-state index contributed by atoms with van der Waals surface area (Å²) in [7, 11) is 0. The van der Waals surface area contributed by atoms with E-state index in [2.05, 4.69) is 209 Å². The van der Waals surface area contributed by atoms with Gasteiger partial charge in [0.2, 0.25) is 0 Å². The van der Waals surface area contributed by atoms with Gasteiger partial charge in [0, 0.05) is 50.8 Å². The molecule has 3 aliphatic rings. The molecule has 0 saturated heterocycles. The average molecular weight is 814 g/mol. The maximum atomic E-state index is 2.78. The average Bonchev–Trinajstić information content (AvgIpc) is 3.86. The molecule has 0 unspecified atom stereocenters. The monoisotopic (exact) mass is 814 g/mol. The van der Waals surface area contributed by atoms with Crippen LogP contribution in [0.2, 0.25) is 0 Å². The Balaban J connectivity index is 1.41. The highest BCUT2D eigenvalue weighted by molar-refractivity contribution is 7.01. The zero-order chi connectivity index (χ0) is 44.0. The van der Waals surface area contributed by atoms with Gasteiger partial charge in [0.15, 0.2) is 0 Å². The summed E-state index contributed by atoms with van der Waals surface area (Å²) in [5.74, 6) is 0. The molecule has 0 spiro atoms. The molecule has 0 saturated carbocycles. The van der Waals surface area contributed by atoms with Crippen molar-refractivity contribution in [2.45, 2.75) is 137 Å². The molecule has 314 valence electrons. The molecule has 4 heteroatoms. The molecule has 0 atom stereocenters. The van der Waals surface area contributed by atoms with Crippen molar-refractivity contribution < 1.29 is 0 Å². The normalized spacial score (nSPS) is 15.4. The fraction of sp³-hybridized carbons (Fsp3) is 0.379. The fourth-order valence-electron chi connectivity index (χ4n) is 11.3. The summed E-state index contributed by atoms with van der Waals surface area (Å²) >= 11 is 0. The quantitative estimate of drug-likeness (QED) is 0.153. The fourth-order valence-corrected chi connectivity index (χ4v) is 11.3. The third-order valence-corrected chi connectivity index (χ3v) is 14.9. The number of fused-ring (bicyclic) bond motifs is 12. The van der Waals surface area contributed by atoms with Gasteiger partial charge in [-0.05, 0) is 126 Å². The Kier molecular flexibility index (Phi) is 7.84. The topological polar surface area (TPSA) is 10.9 Å². The number of aromatic nitrogens is 1. The highest BCUT2D eigenvalue weighted by atomic mass is 15.2. The van der Waals surface area contributed by atoms with E-state index in [-0.39, 0.29) is 33.8 Å². The van der Waals surface area contributed by atoms with E-state index >= 15 is 0 Å². The Bertz CT molecular complexity index is 3200. The van der Waals surface area contributed by atoms with Crippen LogP contribution in [-0.4, -0.2) is 17.7 Å². The molecule has 5 heterocycles. The van der Waals surface area contributed by atoms with Gasteiger partial charge in [-0.2, -0.15) is 0 Å². The van der Waals surface area contributed by atoms with E-state index in [4.69, 9.17) is 0 Å². The molecule has 0 amide bonds. The van der Waals surface area contributed by atoms with Gasteiger partial charge in [-0.25, -0.2) is 0 Å². The maximum absolute atomic E-state index is 2.78. The number of hydrogen-bond donors (Lipinski definition) is 0. The molecule has 3 nitrogen and oxygen atoms in total. The predicted molar refractivity (Wildman–Crippen MR) is 271 cm³/mol. The Labute approximate surface area is 370 Å². The van der Waals surface area contributed by atoms with E-state index in [1.807, 2.05) is 0 Å². The van der Waals surface area contributed by atoms with Gasteiger partial charge in [0.25, 0.3) is 6.71 Å². The molecule has 2 aromatic heterocycles. The molecule has 8 aromatic rings. The summed E-state index contributed by atoms with van der Waals surface area (Å²) < 4.78 is 2.65. The Hall–Kier alpha value is -5.22. The van der Waals surface area contributed by atoms with Gasteiger partial charge < -0.3 is 14.2 Å². The van der Waals surface area contributed by atoms with Crippen LogP contribution in [0.15, 0.2) is 91.0 Å². The van der Waals surface area contributed by atoms with Crippen molar-refractivity contribution in [3.8, 4) is 0 Å². The summed E-state index contributed by atoms with van der Waals surface area (Å²) in [5.41, 5.74) is 23.5. The SMILES string of the molecule is CC(C)(C)c1ccc(N2c3ccc(C(C)(C)C)cc3B3c4cc(C(C)(C)C)cc5c4N(CC5)c4c3c2c2c3cc(C(C)(C)C)ccc3n3c5ccc(C(C)(C)C)cc5c4c23)cc1. The van der Waals surface area contributed by atoms with Gasteiger partial charge in [0.1, 0.15) is 0 Å². The van der Waals surface area contributed by atoms with Crippen LogP contribution in [0.25, 0.3) is 38.1 Å². The van der Waals surface area contributed by atoms with Gasteiger partial charge in [0.05, 0.1) is 22.2 Å². The van der Waals surface area contributed by atoms with Crippen molar-refractivity contribution in [1.82, 2.24) is 4.40 Å². The zero-order valence-electron chi connectivity index (χ0n) is 40.0. The van der Waals surface area contributed by atoms with Crippen molar-refractivity contribution in [1.29, 1.82) is 0 Å². The first-order valence-electron chi connectivity index (χ1n) is 23.3. The third-order valence-electron chi connectivity index (χ3n) is 14.9. The minimum absolute atomic E-state index is 0.00423. The summed E-state index contributed by atoms with van der Waals surface area (Å²) in [6.07, 6.45) is 1.05. The number of anilines is 5. The Morgan fingerprint density at radius 1 is 0.452 bits per heavy atom. The lowest BCUT2D eigenvalue weighted by Crippen LogP contribution is -2.62. The standard InChI is InChI=1S/C58H64BN3/c1-54(2,3)34-16-21-39(22-17-34)61-46-25-20-37(57(10,11)12)31-42(46)59-43-32-38(58(13,14)15)28-33-26-27-60(50(33)43)52-47-40-29-35(55(4,5)6)18-23-44(40)62-45-24-19-36(56(7,8)9)30-41(45)48(51(47)62)53(61)49(52)59/h16-25,28-32H,26-27H2,1-15H3. The minimum atomic E-state index is -0.00958. The third kappa shape index (κ3) is 5.43. The predicted octanol–water partition coefficient (Wildman–Crippen LogP) is 13.6. The van der Waals surface area contributed by atoms with E-state index in [1.165, 1.54) is 116 Å². The lowest BCUT2D eigenvalue weighted by Gasteiger charge is -2.44. The molecule has 0 radical (unpaired) electrons. The molecular weight excluding hydrogens is 749 g/mol. The molecule has 6 aromatic carbocycles. The second-order valence-electron chi connectivity index (χ2n) is 24.3. The summed E-state index contributed by atoms with van der Waals surface area (Å²) in [6.45, 7) is 36.4. The Morgan fingerprint density at radius 2 is 0.935 bits per heavy atom. The number of nitrogens with zero attached hydrogens (tertiary/aromatic N) is 3. The first-order valence-corrected chi connectivity index (χ1v) is 23.3. The van der Waals surface area contributed by atoms with Crippen LogP contribution in [0, 0.1) is 0 Å². The molecule has 3 aliphatic heterocycles. The van der Waals surface area contributed by atoms with E-state index in [9.17, 15) is 0 Å². The molecule has 0 fully saturated rings. The van der Waals surface area contributed by atoms with Gasteiger partial charge in [-0.3, -0.25) is 0 Å². The van der Waals surface area contributed by atoms with Crippen LogP contribution in [0.3, 0.4) is 0 Å². The second kappa shape index (κ2) is 12.3. The number of hydrogen-bond acceptors (Lipinski definition) is 2.